The van der Waals surface area contributed by atoms with E-state index < -0.39 is 12.1 Å². The maximum absolute atomic E-state index is 11.5. The van der Waals surface area contributed by atoms with Crippen LogP contribution in [0, 0.1) is 0 Å². The molecule has 1 atom stereocenters. The fraction of sp³-hybridized carbons (Fsp3) is 0.714. The molecule has 0 saturated carbocycles. The number of amides is 1. The standard InChI is InChI=1S/C14H25NO4/c1-3-5-7-8-9-12(11-13(16)17)15-14(18)19-10-6-4-2/h3,12H,1,4-11H2,2H3,(H,15,18)(H,16,17). The average Bonchev–Trinajstić information content (AvgIpc) is 2.34. The molecule has 1 amide bonds. The van der Waals surface area contributed by atoms with Gasteiger partial charge in [0.15, 0.2) is 0 Å². The molecule has 0 rings (SSSR count). The van der Waals surface area contributed by atoms with E-state index in [1.54, 1.807) is 0 Å². The number of aliphatic carboxylic acids is 1. The minimum Gasteiger partial charge on any atom is -0.481 e. The Kier molecular flexibility index (Phi) is 10.6. The van der Waals surface area contributed by atoms with Gasteiger partial charge in [-0.3, -0.25) is 4.79 Å². The number of nitrogens with one attached hydrogen (secondary N) is 1. The van der Waals surface area contributed by atoms with Gasteiger partial charge in [0.25, 0.3) is 0 Å². The van der Waals surface area contributed by atoms with Crippen LogP contribution in [0.4, 0.5) is 4.79 Å². The van der Waals surface area contributed by atoms with Gasteiger partial charge in [-0.1, -0.05) is 25.8 Å². The van der Waals surface area contributed by atoms with Crippen molar-refractivity contribution in [1.82, 2.24) is 5.32 Å². The molecule has 1 unspecified atom stereocenters. The zero-order chi connectivity index (χ0) is 14.5. The molecule has 0 aliphatic carbocycles. The van der Waals surface area contributed by atoms with Gasteiger partial charge in [-0.05, 0) is 25.7 Å². The van der Waals surface area contributed by atoms with Crippen molar-refractivity contribution >= 4 is 12.1 Å². The first-order valence-electron chi connectivity index (χ1n) is 6.86. The van der Waals surface area contributed by atoms with E-state index in [-0.39, 0.29) is 12.5 Å². The molecule has 0 saturated heterocycles. The SMILES string of the molecule is C=CCCCCC(CC(=O)O)NC(=O)OCCCC. The van der Waals surface area contributed by atoms with Crippen LogP contribution in [-0.4, -0.2) is 29.8 Å². The average molecular weight is 271 g/mol. The van der Waals surface area contributed by atoms with Crippen molar-refractivity contribution < 1.29 is 19.4 Å². The molecule has 0 aliphatic heterocycles. The molecule has 5 nitrogen and oxygen atoms in total. The Morgan fingerprint density at radius 1 is 1.37 bits per heavy atom. The third kappa shape index (κ3) is 11.3. The molecule has 0 aliphatic rings. The molecule has 19 heavy (non-hydrogen) atoms. The summed E-state index contributed by atoms with van der Waals surface area (Å²) in [6.07, 6.45) is 6.36. The molecule has 2 N–H and O–H groups in total. The minimum absolute atomic E-state index is 0.0725. The Balaban J connectivity index is 3.99. The van der Waals surface area contributed by atoms with Crippen LogP contribution in [0.3, 0.4) is 0 Å². The number of allylic oxidation sites excluding steroid dienone is 1. The highest BCUT2D eigenvalue weighted by Crippen LogP contribution is 2.07. The van der Waals surface area contributed by atoms with Gasteiger partial charge in [0.1, 0.15) is 0 Å². The van der Waals surface area contributed by atoms with E-state index in [9.17, 15) is 9.59 Å². The van der Waals surface area contributed by atoms with Crippen molar-refractivity contribution in [2.45, 2.75) is 57.9 Å². The van der Waals surface area contributed by atoms with Crippen LogP contribution in [-0.2, 0) is 9.53 Å². The quantitative estimate of drug-likeness (QED) is 0.447. The number of ether oxygens (including phenoxy) is 1. The van der Waals surface area contributed by atoms with Crippen molar-refractivity contribution in [1.29, 1.82) is 0 Å². The summed E-state index contributed by atoms with van der Waals surface area (Å²) in [5, 5.41) is 11.4. The Bertz CT molecular complexity index is 279. The first-order chi connectivity index (χ1) is 9.10. The van der Waals surface area contributed by atoms with Gasteiger partial charge in [-0.15, -0.1) is 6.58 Å². The Hall–Kier alpha value is -1.52. The second-order valence-corrected chi connectivity index (χ2v) is 4.50. The second kappa shape index (κ2) is 11.6. The maximum Gasteiger partial charge on any atom is 0.407 e. The van der Waals surface area contributed by atoms with Crippen molar-refractivity contribution in [3.8, 4) is 0 Å². The molecule has 0 radical (unpaired) electrons. The predicted molar refractivity (Wildman–Crippen MR) is 74.1 cm³/mol. The highest BCUT2D eigenvalue weighted by Gasteiger charge is 2.16. The van der Waals surface area contributed by atoms with Crippen LogP contribution in [0.5, 0.6) is 0 Å². The molecule has 5 heteroatoms. The first-order valence-corrected chi connectivity index (χ1v) is 6.86. The van der Waals surface area contributed by atoms with E-state index in [0.717, 1.165) is 32.1 Å². The normalized spacial score (nSPS) is 11.6. The van der Waals surface area contributed by atoms with Gasteiger partial charge in [0, 0.05) is 6.04 Å². The summed E-state index contributed by atoms with van der Waals surface area (Å²) in [6, 6.07) is -0.364. The molecule has 0 aromatic carbocycles. The number of carboxylic acid groups (broad SMARTS) is 1. The summed E-state index contributed by atoms with van der Waals surface area (Å²) in [5.74, 6) is -0.914. The van der Waals surface area contributed by atoms with Crippen LogP contribution >= 0.6 is 0 Å². The highest BCUT2D eigenvalue weighted by atomic mass is 16.5. The lowest BCUT2D eigenvalue weighted by Crippen LogP contribution is -2.37. The maximum atomic E-state index is 11.5. The van der Waals surface area contributed by atoms with E-state index in [2.05, 4.69) is 11.9 Å². The predicted octanol–water partition coefficient (Wildman–Crippen LogP) is 3.10. The third-order valence-electron chi connectivity index (χ3n) is 2.68. The summed E-state index contributed by atoms with van der Waals surface area (Å²) in [6.45, 7) is 6.01. The van der Waals surface area contributed by atoms with Gasteiger partial charge >= 0.3 is 12.1 Å². The van der Waals surface area contributed by atoms with E-state index >= 15 is 0 Å². The molecule has 0 aromatic rings. The smallest absolute Gasteiger partial charge is 0.407 e. The third-order valence-corrected chi connectivity index (χ3v) is 2.68. The van der Waals surface area contributed by atoms with Gasteiger partial charge in [-0.25, -0.2) is 4.79 Å². The lowest BCUT2D eigenvalue weighted by Gasteiger charge is -2.16. The van der Waals surface area contributed by atoms with Crippen LogP contribution in [0.25, 0.3) is 0 Å². The minimum atomic E-state index is -0.914. The van der Waals surface area contributed by atoms with E-state index in [0.29, 0.717) is 13.0 Å². The molecule has 0 fully saturated rings. The zero-order valence-electron chi connectivity index (χ0n) is 11.7. The lowest BCUT2D eigenvalue weighted by atomic mass is 10.1. The summed E-state index contributed by atoms with van der Waals surface area (Å²) >= 11 is 0. The van der Waals surface area contributed by atoms with Crippen molar-refractivity contribution in [3.05, 3.63) is 12.7 Å². The van der Waals surface area contributed by atoms with Gasteiger partial charge in [0.2, 0.25) is 0 Å². The summed E-state index contributed by atoms with van der Waals surface area (Å²) in [4.78, 5) is 22.2. The number of hydrogen-bond donors (Lipinski definition) is 2. The van der Waals surface area contributed by atoms with Gasteiger partial charge < -0.3 is 15.2 Å². The van der Waals surface area contributed by atoms with Crippen LogP contribution in [0.1, 0.15) is 51.9 Å². The molecule has 110 valence electrons. The molecular weight excluding hydrogens is 246 g/mol. The monoisotopic (exact) mass is 271 g/mol. The molecule has 0 heterocycles. The molecule has 0 aromatic heterocycles. The number of alkyl carbamates (subject to hydrolysis) is 1. The molecular formula is C14H25NO4. The number of carboxylic acids is 1. The van der Waals surface area contributed by atoms with Crippen LogP contribution in [0.15, 0.2) is 12.7 Å². The number of rotatable bonds is 11. The molecule has 0 bridgehead atoms. The van der Waals surface area contributed by atoms with Crippen LogP contribution < -0.4 is 5.32 Å². The van der Waals surface area contributed by atoms with E-state index in [4.69, 9.17) is 9.84 Å². The summed E-state index contributed by atoms with van der Waals surface area (Å²) < 4.78 is 4.96. The largest absolute Gasteiger partial charge is 0.481 e. The Morgan fingerprint density at radius 3 is 2.68 bits per heavy atom. The molecule has 0 spiro atoms. The van der Waals surface area contributed by atoms with Crippen molar-refractivity contribution in [2.24, 2.45) is 0 Å². The first kappa shape index (κ1) is 17.5. The summed E-state index contributed by atoms with van der Waals surface area (Å²) in [5.41, 5.74) is 0. The van der Waals surface area contributed by atoms with Crippen molar-refractivity contribution in [3.63, 3.8) is 0 Å². The van der Waals surface area contributed by atoms with Crippen LogP contribution in [0.2, 0.25) is 0 Å². The number of unbranched alkanes of at least 4 members (excludes halogenated alkanes) is 3. The Morgan fingerprint density at radius 2 is 2.11 bits per heavy atom. The fourth-order valence-corrected chi connectivity index (χ4v) is 1.63. The summed E-state index contributed by atoms with van der Waals surface area (Å²) in [7, 11) is 0. The topological polar surface area (TPSA) is 75.6 Å². The number of carbonyl (C=O) groups is 2. The lowest BCUT2D eigenvalue weighted by molar-refractivity contribution is -0.137. The van der Waals surface area contributed by atoms with Gasteiger partial charge in [-0.2, -0.15) is 0 Å². The zero-order valence-corrected chi connectivity index (χ0v) is 11.7. The number of carbonyl (C=O) groups excluding carboxylic acids is 1. The second-order valence-electron chi connectivity index (χ2n) is 4.50. The van der Waals surface area contributed by atoms with E-state index in [1.807, 2.05) is 13.0 Å². The number of hydrogen-bond acceptors (Lipinski definition) is 3. The Labute approximate surface area is 115 Å². The van der Waals surface area contributed by atoms with E-state index in [1.165, 1.54) is 0 Å². The van der Waals surface area contributed by atoms with Crippen molar-refractivity contribution in [2.75, 3.05) is 6.61 Å². The fourth-order valence-electron chi connectivity index (χ4n) is 1.63. The van der Waals surface area contributed by atoms with Gasteiger partial charge in [0.05, 0.1) is 13.0 Å². The highest BCUT2D eigenvalue weighted by molar-refractivity contribution is 5.71.